The fraction of sp³-hybridized carbons (Fsp3) is 0.455. The Morgan fingerprint density at radius 2 is 2.19 bits per heavy atom. The quantitative estimate of drug-likeness (QED) is 0.810. The summed E-state index contributed by atoms with van der Waals surface area (Å²) >= 11 is 3.20. The molecule has 16 heavy (non-hydrogen) atoms. The second-order valence-corrected chi connectivity index (χ2v) is 4.17. The van der Waals surface area contributed by atoms with Crippen LogP contribution >= 0.6 is 15.9 Å². The van der Waals surface area contributed by atoms with Gasteiger partial charge in [0.1, 0.15) is 5.75 Å². The average molecular weight is 294 g/mol. The Morgan fingerprint density at radius 1 is 1.44 bits per heavy atom. The van der Waals surface area contributed by atoms with Gasteiger partial charge in [-0.25, -0.2) is 0 Å². The van der Waals surface area contributed by atoms with Gasteiger partial charge in [0.05, 0.1) is 4.47 Å². The molecule has 5 heteroatoms. The van der Waals surface area contributed by atoms with Crippen molar-refractivity contribution in [2.24, 2.45) is 0 Å². The van der Waals surface area contributed by atoms with E-state index in [2.05, 4.69) is 32.9 Å². The smallest absolute Gasteiger partial charge is 0.387 e. The van der Waals surface area contributed by atoms with Gasteiger partial charge >= 0.3 is 6.61 Å². The van der Waals surface area contributed by atoms with Crippen LogP contribution in [0.4, 0.5) is 8.78 Å². The molecule has 0 amide bonds. The van der Waals surface area contributed by atoms with Crippen LogP contribution in [0, 0.1) is 0 Å². The molecule has 1 aromatic carbocycles. The van der Waals surface area contributed by atoms with Gasteiger partial charge in [-0.2, -0.15) is 8.78 Å². The van der Waals surface area contributed by atoms with Crippen LogP contribution in [0.15, 0.2) is 22.7 Å². The normalized spacial score (nSPS) is 10.8. The third-order valence-corrected chi connectivity index (χ3v) is 2.59. The molecule has 0 saturated carbocycles. The molecule has 0 aromatic heterocycles. The minimum absolute atomic E-state index is 0.161. The lowest BCUT2D eigenvalue weighted by Crippen LogP contribution is -2.13. The monoisotopic (exact) mass is 293 g/mol. The van der Waals surface area contributed by atoms with Crippen molar-refractivity contribution in [1.29, 1.82) is 0 Å². The summed E-state index contributed by atoms with van der Waals surface area (Å²) in [5.41, 5.74) is 1.03. The highest BCUT2D eigenvalue weighted by molar-refractivity contribution is 9.10. The molecule has 1 N–H and O–H groups in total. The molecule has 0 saturated heterocycles. The topological polar surface area (TPSA) is 21.3 Å². The van der Waals surface area contributed by atoms with Gasteiger partial charge in [-0.1, -0.05) is 13.0 Å². The number of hydrogen-bond acceptors (Lipinski definition) is 2. The first-order valence-electron chi connectivity index (χ1n) is 5.07. The predicted octanol–water partition coefficient (Wildman–Crippen LogP) is 3.55. The number of rotatable bonds is 6. The van der Waals surface area contributed by atoms with Crippen molar-refractivity contribution in [1.82, 2.24) is 5.32 Å². The lowest BCUT2D eigenvalue weighted by atomic mass is 10.2. The zero-order valence-corrected chi connectivity index (χ0v) is 10.6. The zero-order valence-electron chi connectivity index (χ0n) is 8.97. The average Bonchev–Trinajstić information content (AvgIpc) is 2.22. The molecule has 0 atom stereocenters. The minimum Gasteiger partial charge on any atom is -0.434 e. The van der Waals surface area contributed by atoms with Gasteiger partial charge in [0.2, 0.25) is 0 Å². The number of nitrogens with one attached hydrogen (secondary N) is 1. The molecule has 90 valence electrons. The summed E-state index contributed by atoms with van der Waals surface area (Å²) < 4.78 is 28.9. The lowest BCUT2D eigenvalue weighted by Gasteiger charge is -2.09. The van der Waals surface area contributed by atoms with E-state index in [1.165, 1.54) is 0 Å². The molecule has 2 nitrogen and oxygen atoms in total. The Morgan fingerprint density at radius 3 is 2.75 bits per heavy atom. The third-order valence-electron chi connectivity index (χ3n) is 1.97. The molecule has 0 aliphatic heterocycles. The Balaban J connectivity index is 2.60. The molecule has 0 radical (unpaired) electrons. The second-order valence-electron chi connectivity index (χ2n) is 3.32. The SMILES string of the molecule is CCCNCc1ccc(OC(F)F)c(Br)c1. The summed E-state index contributed by atoms with van der Waals surface area (Å²) in [5.74, 6) is 0.161. The van der Waals surface area contributed by atoms with Crippen molar-refractivity contribution >= 4 is 15.9 Å². The van der Waals surface area contributed by atoms with Crippen LogP contribution in [0.2, 0.25) is 0 Å². The molecule has 0 spiro atoms. The highest BCUT2D eigenvalue weighted by atomic mass is 79.9. The largest absolute Gasteiger partial charge is 0.434 e. The Labute approximate surface area is 102 Å². The second kappa shape index (κ2) is 6.81. The number of hydrogen-bond donors (Lipinski definition) is 1. The number of benzene rings is 1. The lowest BCUT2D eigenvalue weighted by molar-refractivity contribution is -0.0503. The maximum Gasteiger partial charge on any atom is 0.387 e. The van der Waals surface area contributed by atoms with Crippen LogP contribution in [-0.4, -0.2) is 13.2 Å². The molecule has 0 bridgehead atoms. The van der Waals surface area contributed by atoms with E-state index in [-0.39, 0.29) is 5.75 Å². The number of alkyl halides is 2. The summed E-state index contributed by atoms with van der Waals surface area (Å²) in [4.78, 5) is 0. The summed E-state index contributed by atoms with van der Waals surface area (Å²) in [6, 6.07) is 5.09. The molecule has 0 aliphatic rings. The Bertz CT molecular complexity index is 334. The van der Waals surface area contributed by atoms with Gasteiger partial charge in [-0.05, 0) is 46.6 Å². The first-order chi connectivity index (χ1) is 7.63. The molecule has 0 fully saturated rings. The van der Waals surface area contributed by atoms with Crippen molar-refractivity contribution < 1.29 is 13.5 Å². The van der Waals surface area contributed by atoms with Crippen molar-refractivity contribution in [3.8, 4) is 5.75 Å². The van der Waals surface area contributed by atoms with Crippen LogP contribution in [0.5, 0.6) is 5.75 Å². The van der Waals surface area contributed by atoms with E-state index in [1.54, 1.807) is 18.2 Å². The number of ether oxygens (including phenoxy) is 1. The molecule has 0 aliphatic carbocycles. The molecule has 1 aromatic rings. The molecule has 0 heterocycles. The van der Waals surface area contributed by atoms with E-state index >= 15 is 0 Å². The number of halogens is 3. The van der Waals surface area contributed by atoms with Gasteiger partial charge in [0, 0.05) is 6.54 Å². The summed E-state index contributed by atoms with van der Waals surface area (Å²) in [6.45, 7) is 0.955. The fourth-order valence-electron chi connectivity index (χ4n) is 1.26. The highest BCUT2D eigenvalue weighted by Gasteiger charge is 2.08. The van der Waals surface area contributed by atoms with Crippen LogP contribution in [0.1, 0.15) is 18.9 Å². The van der Waals surface area contributed by atoms with Gasteiger partial charge < -0.3 is 10.1 Å². The van der Waals surface area contributed by atoms with E-state index in [0.29, 0.717) is 4.47 Å². The molecule has 0 unspecified atom stereocenters. The van der Waals surface area contributed by atoms with Crippen molar-refractivity contribution in [2.75, 3.05) is 6.54 Å². The Hall–Kier alpha value is -0.680. The van der Waals surface area contributed by atoms with Gasteiger partial charge in [0.25, 0.3) is 0 Å². The van der Waals surface area contributed by atoms with Crippen molar-refractivity contribution in [3.05, 3.63) is 28.2 Å². The molecular weight excluding hydrogens is 280 g/mol. The minimum atomic E-state index is -2.79. The summed E-state index contributed by atoms with van der Waals surface area (Å²) in [5, 5.41) is 3.23. The summed E-state index contributed by atoms with van der Waals surface area (Å²) in [6.07, 6.45) is 1.06. The van der Waals surface area contributed by atoms with E-state index in [0.717, 1.165) is 25.1 Å². The van der Waals surface area contributed by atoms with E-state index in [4.69, 9.17) is 0 Å². The maximum absolute atomic E-state index is 12.0. The van der Waals surface area contributed by atoms with E-state index < -0.39 is 6.61 Å². The Kier molecular flexibility index (Phi) is 5.69. The van der Waals surface area contributed by atoms with Crippen LogP contribution < -0.4 is 10.1 Å². The van der Waals surface area contributed by atoms with Crippen molar-refractivity contribution in [2.45, 2.75) is 26.5 Å². The van der Waals surface area contributed by atoms with Crippen LogP contribution in [0.3, 0.4) is 0 Å². The van der Waals surface area contributed by atoms with E-state index in [9.17, 15) is 8.78 Å². The maximum atomic E-state index is 12.0. The summed E-state index contributed by atoms with van der Waals surface area (Å²) in [7, 11) is 0. The fourth-order valence-corrected chi connectivity index (χ4v) is 1.78. The molecular formula is C11H14BrF2NO. The van der Waals surface area contributed by atoms with E-state index in [1.807, 2.05) is 0 Å². The van der Waals surface area contributed by atoms with Gasteiger partial charge in [0.15, 0.2) is 0 Å². The van der Waals surface area contributed by atoms with Crippen LogP contribution in [-0.2, 0) is 6.54 Å². The van der Waals surface area contributed by atoms with Gasteiger partial charge in [-0.15, -0.1) is 0 Å². The highest BCUT2D eigenvalue weighted by Crippen LogP contribution is 2.27. The van der Waals surface area contributed by atoms with Crippen LogP contribution in [0.25, 0.3) is 0 Å². The van der Waals surface area contributed by atoms with Gasteiger partial charge in [-0.3, -0.25) is 0 Å². The standard InChI is InChI=1S/C11H14BrF2NO/c1-2-5-15-7-8-3-4-10(9(12)6-8)16-11(13)14/h3-4,6,11,15H,2,5,7H2,1H3. The zero-order chi connectivity index (χ0) is 12.0. The predicted molar refractivity (Wildman–Crippen MR) is 62.8 cm³/mol. The first-order valence-corrected chi connectivity index (χ1v) is 5.86. The first kappa shape index (κ1) is 13.4. The third kappa shape index (κ3) is 4.45. The molecule has 1 rings (SSSR count). The van der Waals surface area contributed by atoms with Crippen molar-refractivity contribution in [3.63, 3.8) is 0 Å².